The van der Waals surface area contributed by atoms with E-state index in [4.69, 9.17) is 16.2 Å². The zero-order chi connectivity index (χ0) is 25.2. The Labute approximate surface area is 206 Å². The molecule has 1 saturated heterocycles. The largest absolute Gasteiger partial charge is 0.378 e. The third-order valence-electron chi connectivity index (χ3n) is 5.84. The predicted molar refractivity (Wildman–Crippen MR) is 134 cm³/mol. The van der Waals surface area contributed by atoms with E-state index in [9.17, 15) is 9.59 Å². The van der Waals surface area contributed by atoms with Crippen molar-refractivity contribution in [2.75, 3.05) is 31.6 Å². The van der Waals surface area contributed by atoms with E-state index in [2.05, 4.69) is 40.4 Å². The van der Waals surface area contributed by atoms with Crippen LogP contribution in [0.4, 0.5) is 11.5 Å². The van der Waals surface area contributed by atoms with Gasteiger partial charge in [-0.25, -0.2) is 4.98 Å². The molecule has 1 aliphatic heterocycles. The third kappa shape index (κ3) is 7.56. The molecule has 1 fully saturated rings. The molecule has 2 aromatic rings. The fraction of sp³-hybridized carbons (Fsp3) is 0.480. The van der Waals surface area contributed by atoms with Gasteiger partial charge in [-0.1, -0.05) is 38.3 Å². The minimum atomic E-state index is -0.731. The molecule has 2 amide bonds. The molecule has 1 aromatic heterocycles. The van der Waals surface area contributed by atoms with Gasteiger partial charge in [0.05, 0.1) is 13.2 Å². The number of unbranched alkanes of at least 4 members (excludes halogenated alkanes) is 1. The second kappa shape index (κ2) is 12.9. The molecule has 1 aromatic carbocycles. The highest BCUT2D eigenvalue weighted by atomic mass is 16.5. The topological polar surface area (TPSA) is 149 Å². The summed E-state index contributed by atoms with van der Waals surface area (Å²) in [7, 11) is 0. The minimum Gasteiger partial charge on any atom is -0.378 e. The number of nitrogens with one attached hydrogen (secondary N) is 1. The van der Waals surface area contributed by atoms with Crippen LogP contribution in [-0.4, -0.2) is 64.2 Å². The molecule has 0 radical (unpaired) electrons. The van der Waals surface area contributed by atoms with E-state index in [1.165, 1.54) is 0 Å². The molecule has 0 spiro atoms. The molecule has 0 bridgehead atoms. The van der Waals surface area contributed by atoms with E-state index in [1.54, 1.807) is 29.2 Å². The van der Waals surface area contributed by atoms with Crippen LogP contribution in [-0.2, 0) is 11.2 Å². The van der Waals surface area contributed by atoms with Gasteiger partial charge in [-0.2, -0.15) is 0 Å². The van der Waals surface area contributed by atoms with E-state index < -0.39 is 5.91 Å². The normalized spacial score (nSPS) is 15.1. The standard InChI is InChI=1S/C25H35N7O3/c1-3-5-6-19(26)15-17(4-2)16-21-29-24(22(23(27)33)31-30-21)28-20-9-7-18(8-10-20)25(34)32-11-13-35-14-12-32/h7-10,15,19H,3-6,11-14,16,26H2,1-2H3,(H2,27,33)(H,28,29,30). The molecule has 10 heteroatoms. The lowest BCUT2D eigenvalue weighted by Gasteiger charge is -2.26. The number of carbonyl (C=O) groups is 2. The molecule has 0 saturated carbocycles. The number of nitrogens with two attached hydrogens (primary N) is 2. The molecular formula is C25H35N7O3. The maximum atomic E-state index is 12.7. The second-order valence-electron chi connectivity index (χ2n) is 8.56. The molecule has 188 valence electrons. The van der Waals surface area contributed by atoms with Crippen molar-refractivity contribution in [1.29, 1.82) is 0 Å². The molecule has 10 nitrogen and oxygen atoms in total. The highest BCUT2D eigenvalue weighted by Crippen LogP contribution is 2.20. The number of benzene rings is 1. The van der Waals surface area contributed by atoms with Crippen molar-refractivity contribution in [1.82, 2.24) is 20.1 Å². The maximum absolute atomic E-state index is 12.7. The van der Waals surface area contributed by atoms with Crippen LogP contribution in [0.15, 0.2) is 35.9 Å². The van der Waals surface area contributed by atoms with Crippen LogP contribution in [0.5, 0.6) is 0 Å². The summed E-state index contributed by atoms with van der Waals surface area (Å²) in [6.45, 7) is 6.44. The number of hydrogen-bond donors (Lipinski definition) is 3. The van der Waals surface area contributed by atoms with Gasteiger partial charge in [0.25, 0.3) is 11.8 Å². The lowest BCUT2D eigenvalue weighted by Crippen LogP contribution is -2.40. The Morgan fingerprint density at radius 3 is 2.51 bits per heavy atom. The first kappa shape index (κ1) is 26.2. The zero-order valence-corrected chi connectivity index (χ0v) is 20.5. The number of hydrogen-bond acceptors (Lipinski definition) is 8. The smallest absolute Gasteiger partial charge is 0.273 e. The van der Waals surface area contributed by atoms with Crippen LogP contribution < -0.4 is 16.8 Å². The fourth-order valence-corrected chi connectivity index (χ4v) is 3.80. The minimum absolute atomic E-state index is 0.0148. The molecule has 0 aliphatic carbocycles. The van der Waals surface area contributed by atoms with Crippen molar-refractivity contribution in [2.45, 2.75) is 52.0 Å². The summed E-state index contributed by atoms with van der Waals surface area (Å²) in [6.07, 6.45) is 6.45. The summed E-state index contributed by atoms with van der Waals surface area (Å²) in [4.78, 5) is 30.9. The molecule has 1 atom stereocenters. The molecule has 35 heavy (non-hydrogen) atoms. The molecule has 2 heterocycles. The maximum Gasteiger partial charge on any atom is 0.273 e. The van der Waals surface area contributed by atoms with Crippen LogP contribution in [0.25, 0.3) is 0 Å². The van der Waals surface area contributed by atoms with Crippen LogP contribution in [0.2, 0.25) is 0 Å². The summed E-state index contributed by atoms with van der Waals surface area (Å²) in [5, 5.41) is 11.2. The second-order valence-corrected chi connectivity index (χ2v) is 8.56. The quantitative estimate of drug-likeness (QED) is 0.415. The lowest BCUT2D eigenvalue weighted by atomic mass is 10.0. The Bertz CT molecular complexity index is 1030. The molecule has 1 aliphatic rings. The Balaban J connectivity index is 1.75. The number of allylic oxidation sites excluding steroid dienone is 1. The number of anilines is 2. The predicted octanol–water partition coefficient (Wildman–Crippen LogP) is 2.58. The number of nitrogens with zero attached hydrogens (tertiary/aromatic N) is 4. The molecule has 1 unspecified atom stereocenters. The van der Waals surface area contributed by atoms with Crippen LogP contribution >= 0.6 is 0 Å². The van der Waals surface area contributed by atoms with Gasteiger partial charge in [0.15, 0.2) is 17.3 Å². The summed E-state index contributed by atoms with van der Waals surface area (Å²) in [6, 6.07) is 6.96. The highest BCUT2D eigenvalue weighted by Gasteiger charge is 2.19. The number of ether oxygens (including phenoxy) is 1. The highest BCUT2D eigenvalue weighted by molar-refractivity contribution is 5.96. The molecular weight excluding hydrogens is 446 g/mol. The van der Waals surface area contributed by atoms with Crippen LogP contribution in [0, 0.1) is 0 Å². The first-order valence-electron chi connectivity index (χ1n) is 12.1. The SMILES string of the molecule is CCCCC(N)C=C(CC)Cc1nnc(C(N)=O)c(Nc2ccc(C(=O)N3CCOCC3)cc2)n1. The first-order valence-corrected chi connectivity index (χ1v) is 12.1. The average molecular weight is 482 g/mol. The number of primary amides is 1. The zero-order valence-electron chi connectivity index (χ0n) is 20.5. The molecule has 5 N–H and O–H groups in total. The van der Waals surface area contributed by atoms with Gasteiger partial charge in [0.2, 0.25) is 0 Å². The van der Waals surface area contributed by atoms with Gasteiger partial charge in [0, 0.05) is 36.8 Å². The average Bonchev–Trinajstić information content (AvgIpc) is 2.87. The van der Waals surface area contributed by atoms with E-state index in [0.717, 1.165) is 31.3 Å². The third-order valence-corrected chi connectivity index (χ3v) is 5.84. The van der Waals surface area contributed by atoms with Crippen LogP contribution in [0.3, 0.4) is 0 Å². The lowest BCUT2D eigenvalue weighted by molar-refractivity contribution is 0.0303. The summed E-state index contributed by atoms with van der Waals surface area (Å²) in [5.41, 5.74) is 14.0. The number of aromatic nitrogens is 3. The Morgan fingerprint density at radius 1 is 1.17 bits per heavy atom. The number of rotatable bonds is 11. The van der Waals surface area contributed by atoms with Gasteiger partial charge in [-0.3, -0.25) is 9.59 Å². The van der Waals surface area contributed by atoms with Crippen molar-refractivity contribution in [3.05, 3.63) is 53.0 Å². The number of carbonyl (C=O) groups excluding carboxylic acids is 2. The summed E-state index contributed by atoms with van der Waals surface area (Å²) >= 11 is 0. The van der Waals surface area contributed by atoms with Crippen LogP contribution in [0.1, 0.15) is 66.2 Å². The van der Waals surface area contributed by atoms with Gasteiger partial charge >= 0.3 is 0 Å². The van der Waals surface area contributed by atoms with Crippen molar-refractivity contribution in [2.24, 2.45) is 11.5 Å². The van der Waals surface area contributed by atoms with Gasteiger partial charge < -0.3 is 26.4 Å². The Morgan fingerprint density at radius 2 is 1.89 bits per heavy atom. The number of amides is 2. The Hall–Kier alpha value is -3.37. The fourth-order valence-electron chi connectivity index (χ4n) is 3.80. The van der Waals surface area contributed by atoms with E-state index in [0.29, 0.717) is 49.8 Å². The van der Waals surface area contributed by atoms with Crippen molar-refractivity contribution in [3.8, 4) is 0 Å². The van der Waals surface area contributed by atoms with E-state index >= 15 is 0 Å². The summed E-state index contributed by atoms with van der Waals surface area (Å²) in [5.74, 6) is -0.0846. The van der Waals surface area contributed by atoms with Gasteiger partial charge in [0.1, 0.15) is 0 Å². The Kier molecular flexibility index (Phi) is 9.68. The van der Waals surface area contributed by atoms with Gasteiger partial charge in [-0.05, 0) is 37.1 Å². The van der Waals surface area contributed by atoms with Gasteiger partial charge in [-0.15, -0.1) is 10.2 Å². The van der Waals surface area contributed by atoms with E-state index in [1.807, 2.05) is 0 Å². The number of morpholine rings is 1. The van der Waals surface area contributed by atoms with E-state index in [-0.39, 0.29) is 23.5 Å². The van der Waals surface area contributed by atoms with Crippen molar-refractivity contribution in [3.63, 3.8) is 0 Å². The van der Waals surface area contributed by atoms with Crippen molar-refractivity contribution >= 4 is 23.3 Å². The monoisotopic (exact) mass is 481 g/mol. The summed E-state index contributed by atoms with van der Waals surface area (Å²) < 4.78 is 5.31. The first-order chi connectivity index (χ1) is 16.9. The van der Waals surface area contributed by atoms with Crippen molar-refractivity contribution < 1.29 is 14.3 Å². The molecule has 3 rings (SSSR count).